The van der Waals surface area contributed by atoms with Crippen LogP contribution in [0.5, 0.6) is 0 Å². The zero-order valence-electron chi connectivity index (χ0n) is 13.7. The molecular weight excluding hydrogens is 345 g/mol. The van der Waals surface area contributed by atoms with Gasteiger partial charge in [-0.15, -0.1) is 0 Å². The van der Waals surface area contributed by atoms with Crippen LogP contribution in [0.15, 0.2) is 61.2 Å². The molecule has 1 heterocycles. The summed E-state index contributed by atoms with van der Waals surface area (Å²) >= 11 is 0. The van der Waals surface area contributed by atoms with Crippen molar-refractivity contribution in [3.63, 3.8) is 0 Å². The summed E-state index contributed by atoms with van der Waals surface area (Å²) in [7, 11) is 0. The van der Waals surface area contributed by atoms with Crippen molar-refractivity contribution in [3.8, 4) is 5.69 Å². The van der Waals surface area contributed by atoms with Crippen LogP contribution in [-0.2, 0) is 6.18 Å². The molecule has 0 bridgehead atoms. The van der Waals surface area contributed by atoms with Crippen molar-refractivity contribution in [1.29, 1.82) is 0 Å². The highest BCUT2D eigenvalue weighted by atomic mass is 19.4. The fraction of sp³-hybridized carbons (Fsp3) is 0.167. The molecule has 3 rings (SSSR count). The number of amides is 1. The van der Waals surface area contributed by atoms with Gasteiger partial charge in [-0.25, -0.2) is 9.67 Å². The Bertz CT molecular complexity index is 890. The van der Waals surface area contributed by atoms with E-state index in [9.17, 15) is 18.0 Å². The SMILES string of the molecule is C[C@H](NC(=O)c1cccc(C(F)(F)F)c1)c1ccc(-n2cncn2)cc1. The minimum absolute atomic E-state index is 0.0362. The lowest BCUT2D eigenvalue weighted by atomic mass is 10.1. The average molecular weight is 360 g/mol. The van der Waals surface area contributed by atoms with E-state index in [1.54, 1.807) is 17.9 Å². The van der Waals surface area contributed by atoms with E-state index in [1.807, 2.05) is 24.3 Å². The number of carbonyl (C=O) groups is 1. The van der Waals surface area contributed by atoms with Crippen molar-refractivity contribution in [2.24, 2.45) is 0 Å². The molecule has 1 N–H and O–H groups in total. The predicted molar refractivity (Wildman–Crippen MR) is 88.7 cm³/mol. The van der Waals surface area contributed by atoms with E-state index in [0.29, 0.717) is 0 Å². The van der Waals surface area contributed by atoms with Crippen LogP contribution in [0, 0.1) is 0 Å². The molecule has 134 valence electrons. The molecule has 0 spiro atoms. The summed E-state index contributed by atoms with van der Waals surface area (Å²) in [5, 5.41) is 6.73. The fourth-order valence-electron chi connectivity index (χ4n) is 2.46. The maximum Gasteiger partial charge on any atom is 0.416 e. The van der Waals surface area contributed by atoms with Gasteiger partial charge in [-0.2, -0.15) is 18.3 Å². The van der Waals surface area contributed by atoms with Crippen LogP contribution in [0.1, 0.15) is 34.5 Å². The van der Waals surface area contributed by atoms with Crippen LogP contribution < -0.4 is 5.32 Å². The summed E-state index contributed by atoms with van der Waals surface area (Å²) in [6.07, 6.45) is -1.50. The molecule has 8 heteroatoms. The summed E-state index contributed by atoms with van der Waals surface area (Å²) < 4.78 is 39.9. The Labute approximate surface area is 147 Å². The maximum atomic E-state index is 12.8. The van der Waals surface area contributed by atoms with Crippen molar-refractivity contribution in [3.05, 3.63) is 77.9 Å². The van der Waals surface area contributed by atoms with E-state index >= 15 is 0 Å². The Morgan fingerprint density at radius 3 is 2.50 bits per heavy atom. The number of halogens is 3. The van der Waals surface area contributed by atoms with Crippen molar-refractivity contribution in [2.75, 3.05) is 0 Å². The highest BCUT2D eigenvalue weighted by molar-refractivity contribution is 5.94. The lowest BCUT2D eigenvalue weighted by Crippen LogP contribution is -2.27. The lowest BCUT2D eigenvalue weighted by molar-refractivity contribution is -0.137. The summed E-state index contributed by atoms with van der Waals surface area (Å²) in [6, 6.07) is 11.2. The zero-order valence-corrected chi connectivity index (χ0v) is 13.7. The largest absolute Gasteiger partial charge is 0.416 e. The Hall–Kier alpha value is -3.16. The number of aromatic nitrogens is 3. The standard InChI is InChI=1S/C18H15F3N4O/c1-12(13-5-7-16(8-6-13)25-11-22-10-23-25)24-17(26)14-3-2-4-15(9-14)18(19,20)21/h2-12H,1H3,(H,24,26)/t12-/m0/s1. The molecule has 0 saturated heterocycles. The molecule has 0 saturated carbocycles. The number of alkyl halides is 3. The Balaban J connectivity index is 1.71. The lowest BCUT2D eigenvalue weighted by Gasteiger charge is -2.15. The normalized spacial score (nSPS) is 12.6. The van der Waals surface area contributed by atoms with Crippen molar-refractivity contribution < 1.29 is 18.0 Å². The molecule has 2 aromatic carbocycles. The number of carbonyl (C=O) groups excluding carboxylic acids is 1. The number of hydrogen-bond donors (Lipinski definition) is 1. The van der Waals surface area contributed by atoms with Gasteiger partial charge >= 0.3 is 6.18 Å². The number of benzene rings is 2. The van der Waals surface area contributed by atoms with Crippen LogP contribution in [-0.4, -0.2) is 20.7 Å². The molecule has 0 aliphatic rings. The molecule has 3 aromatic rings. The third-order valence-corrected chi connectivity index (χ3v) is 3.88. The van der Waals surface area contributed by atoms with Gasteiger partial charge in [0.15, 0.2) is 0 Å². The Kier molecular flexibility index (Phi) is 4.75. The average Bonchev–Trinajstić information content (AvgIpc) is 3.16. The van der Waals surface area contributed by atoms with Crippen molar-refractivity contribution in [1.82, 2.24) is 20.1 Å². The van der Waals surface area contributed by atoms with Gasteiger partial charge in [-0.1, -0.05) is 18.2 Å². The first-order valence-corrected chi connectivity index (χ1v) is 7.77. The van der Waals surface area contributed by atoms with E-state index < -0.39 is 17.6 Å². The second-order valence-corrected chi connectivity index (χ2v) is 5.71. The van der Waals surface area contributed by atoms with Gasteiger partial charge in [-0.3, -0.25) is 4.79 Å². The molecule has 1 amide bonds. The highest BCUT2D eigenvalue weighted by Crippen LogP contribution is 2.29. The molecule has 1 atom stereocenters. The van der Waals surface area contributed by atoms with Gasteiger partial charge in [-0.05, 0) is 42.8 Å². The molecular formula is C18H15F3N4O. The van der Waals surface area contributed by atoms with Crippen LogP contribution >= 0.6 is 0 Å². The molecule has 0 unspecified atom stereocenters. The van der Waals surface area contributed by atoms with Crippen molar-refractivity contribution >= 4 is 5.91 Å². The van der Waals surface area contributed by atoms with E-state index in [0.717, 1.165) is 23.4 Å². The first-order chi connectivity index (χ1) is 12.3. The predicted octanol–water partition coefficient (Wildman–Crippen LogP) is 3.78. The minimum atomic E-state index is -4.49. The second-order valence-electron chi connectivity index (χ2n) is 5.71. The highest BCUT2D eigenvalue weighted by Gasteiger charge is 2.31. The number of nitrogens with zero attached hydrogens (tertiary/aromatic N) is 3. The van der Waals surface area contributed by atoms with Gasteiger partial charge in [0.1, 0.15) is 12.7 Å². The summed E-state index contributed by atoms with van der Waals surface area (Å²) in [6.45, 7) is 1.76. The first kappa shape index (κ1) is 17.7. The molecule has 5 nitrogen and oxygen atoms in total. The topological polar surface area (TPSA) is 59.8 Å². The third-order valence-electron chi connectivity index (χ3n) is 3.88. The fourth-order valence-corrected chi connectivity index (χ4v) is 2.46. The van der Waals surface area contributed by atoms with Crippen LogP contribution in [0.3, 0.4) is 0 Å². The van der Waals surface area contributed by atoms with Gasteiger partial charge in [0, 0.05) is 5.56 Å². The smallest absolute Gasteiger partial charge is 0.346 e. The quantitative estimate of drug-likeness (QED) is 0.770. The van der Waals surface area contributed by atoms with E-state index in [4.69, 9.17) is 0 Å². The summed E-state index contributed by atoms with van der Waals surface area (Å²) in [4.78, 5) is 16.1. The maximum absolute atomic E-state index is 12.8. The molecule has 0 aliphatic carbocycles. The number of hydrogen-bond acceptors (Lipinski definition) is 3. The summed E-state index contributed by atoms with van der Waals surface area (Å²) in [5.41, 5.74) is 0.734. The van der Waals surface area contributed by atoms with E-state index in [-0.39, 0.29) is 11.6 Å². The monoisotopic (exact) mass is 360 g/mol. The van der Waals surface area contributed by atoms with Gasteiger partial charge in [0.05, 0.1) is 17.3 Å². The van der Waals surface area contributed by atoms with E-state index in [2.05, 4.69) is 15.4 Å². The summed E-state index contributed by atoms with van der Waals surface area (Å²) in [5.74, 6) is -0.566. The second kappa shape index (κ2) is 6.99. The minimum Gasteiger partial charge on any atom is -0.346 e. The van der Waals surface area contributed by atoms with Gasteiger partial charge in [0.25, 0.3) is 5.91 Å². The molecule has 0 radical (unpaired) electrons. The van der Waals surface area contributed by atoms with Crippen LogP contribution in [0.4, 0.5) is 13.2 Å². The molecule has 26 heavy (non-hydrogen) atoms. The molecule has 0 fully saturated rings. The molecule has 1 aromatic heterocycles. The van der Waals surface area contributed by atoms with Crippen molar-refractivity contribution in [2.45, 2.75) is 19.1 Å². The van der Waals surface area contributed by atoms with Crippen LogP contribution in [0.2, 0.25) is 0 Å². The Morgan fingerprint density at radius 1 is 1.15 bits per heavy atom. The molecule has 0 aliphatic heterocycles. The zero-order chi connectivity index (χ0) is 18.7. The van der Waals surface area contributed by atoms with Gasteiger partial charge < -0.3 is 5.32 Å². The van der Waals surface area contributed by atoms with Gasteiger partial charge in [0.2, 0.25) is 0 Å². The number of nitrogens with one attached hydrogen (secondary N) is 1. The van der Waals surface area contributed by atoms with Crippen LogP contribution in [0.25, 0.3) is 5.69 Å². The Morgan fingerprint density at radius 2 is 1.88 bits per heavy atom. The van der Waals surface area contributed by atoms with E-state index in [1.165, 1.54) is 18.5 Å². The number of rotatable bonds is 4. The third kappa shape index (κ3) is 3.90. The first-order valence-electron chi connectivity index (χ1n) is 7.77.